The summed E-state index contributed by atoms with van der Waals surface area (Å²) >= 11 is 0. The molecule has 0 saturated heterocycles. The third kappa shape index (κ3) is 3.74. The molecule has 1 N–H and O–H groups in total. The lowest BCUT2D eigenvalue weighted by molar-refractivity contribution is -0.138. The van der Waals surface area contributed by atoms with Gasteiger partial charge in [-0.2, -0.15) is 0 Å². The summed E-state index contributed by atoms with van der Waals surface area (Å²) in [5, 5.41) is 9.55. The Kier molecular flexibility index (Phi) is 5.66. The minimum Gasteiger partial charge on any atom is -0.493 e. The average Bonchev–Trinajstić information content (AvgIpc) is 2.77. The summed E-state index contributed by atoms with van der Waals surface area (Å²) in [6.45, 7) is 0.469. The van der Waals surface area contributed by atoms with Crippen LogP contribution in [0.1, 0.15) is 57.9 Å². The minimum absolute atomic E-state index is 0.116. The fraction of sp³-hybridized carbons (Fsp3) is 0.417. The number of carbonyl (C=O) groups is 2. The number of aliphatic carboxylic acids is 1. The minimum atomic E-state index is -0.939. The van der Waals surface area contributed by atoms with Crippen molar-refractivity contribution in [3.05, 3.63) is 58.1 Å². The molecule has 0 bridgehead atoms. The van der Waals surface area contributed by atoms with Gasteiger partial charge in [-0.15, -0.1) is 0 Å². The van der Waals surface area contributed by atoms with Gasteiger partial charge in [0.15, 0.2) is 11.5 Å². The molecule has 0 aromatic heterocycles. The number of nitrogens with zero attached hydrogens (tertiary/aromatic N) is 1. The van der Waals surface area contributed by atoms with Crippen molar-refractivity contribution in [2.75, 3.05) is 20.8 Å². The molecule has 2 aliphatic rings. The van der Waals surface area contributed by atoms with Crippen LogP contribution >= 0.6 is 0 Å². The summed E-state index contributed by atoms with van der Waals surface area (Å²) < 4.78 is 10.8. The molecule has 158 valence electrons. The summed E-state index contributed by atoms with van der Waals surface area (Å²) in [6, 6.07) is 9.10. The second kappa shape index (κ2) is 8.38. The molecule has 0 spiro atoms. The highest BCUT2D eigenvalue weighted by atomic mass is 16.5. The van der Waals surface area contributed by atoms with Crippen LogP contribution in [0.15, 0.2) is 30.3 Å². The lowest BCUT2D eigenvalue weighted by Gasteiger charge is -2.37. The summed E-state index contributed by atoms with van der Waals surface area (Å²) in [5.74, 6) is 0.0930. The van der Waals surface area contributed by atoms with Crippen molar-refractivity contribution in [2.45, 2.75) is 44.6 Å². The van der Waals surface area contributed by atoms with Crippen LogP contribution in [0.25, 0.3) is 0 Å². The molecule has 1 amide bonds. The number of hydrogen-bond acceptors (Lipinski definition) is 4. The number of ether oxygens (including phenoxy) is 2. The van der Waals surface area contributed by atoms with Crippen molar-refractivity contribution >= 4 is 11.9 Å². The first-order valence-electron chi connectivity index (χ1n) is 10.4. The molecule has 1 aliphatic heterocycles. The number of amides is 1. The molecule has 0 radical (unpaired) electrons. The lowest BCUT2D eigenvalue weighted by Crippen LogP contribution is -2.41. The van der Waals surface area contributed by atoms with Gasteiger partial charge in [-0.25, -0.2) is 0 Å². The van der Waals surface area contributed by atoms with Gasteiger partial charge < -0.3 is 19.5 Å². The van der Waals surface area contributed by atoms with Gasteiger partial charge >= 0.3 is 5.97 Å². The number of carboxylic acids is 1. The number of benzene rings is 2. The molecule has 1 heterocycles. The van der Waals surface area contributed by atoms with Gasteiger partial charge in [-0.1, -0.05) is 6.07 Å². The highest BCUT2D eigenvalue weighted by Crippen LogP contribution is 2.40. The first-order valence-corrected chi connectivity index (χ1v) is 10.4. The Labute approximate surface area is 176 Å². The lowest BCUT2D eigenvalue weighted by atomic mass is 9.88. The van der Waals surface area contributed by atoms with E-state index in [0.29, 0.717) is 30.0 Å². The van der Waals surface area contributed by atoms with Gasteiger partial charge in [0.25, 0.3) is 5.91 Å². The van der Waals surface area contributed by atoms with Crippen LogP contribution in [0, 0.1) is 0 Å². The molecule has 1 atom stereocenters. The van der Waals surface area contributed by atoms with Crippen molar-refractivity contribution in [3.8, 4) is 11.5 Å². The SMILES string of the molecule is COc1cc2c(cc1OC)C(CC(=O)O)N(C(=O)c1ccc3c(c1)CCCC3)CC2. The van der Waals surface area contributed by atoms with E-state index in [1.807, 2.05) is 24.3 Å². The molecule has 2 aromatic carbocycles. The normalized spacial score (nSPS) is 17.7. The molecule has 1 unspecified atom stereocenters. The zero-order chi connectivity index (χ0) is 21.3. The molecule has 0 saturated carbocycles. The maximum Gasteiger partial charge on any atom is 0.305 e. The topological polar surface area (TPSA) is 76.1 Å². The number of carboxylic acid groups (broad SMARTS) is 1. The summed E-state index contributed by atoms with van der Waals surface area (Å²) in [7, 11) is 3.13. The maximum atomic E-state index is 13.4. The van der Waals surface area contributed by atoms with E-state index in [1.54, 1.807) is 19.1 Å². The van der Waals surface area contributed by atoms with Gasteiger partial charge in [-0.05, 0) is 78.6 Å². The molecule has 2 aromatic rings. The fourth-order valence-corrected chi connectivity index (χ4v) is 4.69. The van der Waals surface area contributed by atoms with Gasteiger partial charge in [-0.3, -0.25) is 9.59 Å². The number of fused-ring (bicyclic) bond motifs is 2. The Morgan fingerprint density at radius 2 is 1.67 bits per heavy atom. The van der Waals surface area contributed by atoms with Crippen LogP contribution in [0.3, 0.4) is 0 Å². The van der Waals surface area contributed by atoms with Crippen LogP contribution in [-0.2, 0) is 24.1 Å². The van der Waals surface area contributed by atoms with E-state index in [1.165, 1.54) is 17.5 Å². The average molecular weight is 409 g/mol. The van der Waals surface area contributed by atoms with E-state index >= 15 is 0 Å². The first kappa shape index (κ1) is 20.3. The van der Waals surface area contributed by atoms with Crippen LogP contribution in [0.5, 0.6) is 11.5 Å². The molecule has 6 heteroatoms. The van der Waals surface area contributed by atoms with Gasteiger partial charge in [0.2, 0.25) is 0 Å². The zero-order valence-corrected chi connectivity index (χ0v) is 17.4. The van der Waals surface area contributed by atoms with Crippen molar-refractivity contribution in [1.29, 1.82) is 0 Å². The van der Waals surface area contributed by atoms with Gasteiger partial charge in [0.1, 0.15) is 0 Å². The predicted molar refractivity (Wildman–Crippen MR) is 112 cm³/mol. The second-order valence-electron chi connectivity index (χ2n) is 7.96. The monoisotopic (exact) mass is 409 g/mol. The molecule has 6 nitrogen and oxygen atoms in total. The Balaban J connectivity index is 1.71. The molecular weight excluding hydrogens is 382 g/mol. The van der Waals surface area contributed by atoms with E-state index < -0.39 is 12.0 Å². The molecule has 30 heavy (non-hydrogen) atoms. The number of aryl methyl sites for hydroxylation is 2. The fourth-order valence-electron chi connectivity index (χ4n) is 4.69. The van der Waals surface area contributed by atoms with E-state index in [2.05, 4.69) is 6.07 Å². The van der Waals surface area contributed by atoms with Gasteiger partial charge in [0, 0.05) is 12.1 Å². The van der Waals surface area contributed by atoms with Crippen molar-refractivity contribution < 1.29 is 24.2 Å². The number of hydrogen-bond donors (Lipinski definition) is 1. The predicted octanol–water partition coefficient (Wildman–Crippen LogP) is 3.80. The summed E-state index contributed by atoms with van der Waals surface area (Å²) in [4.78, 5) is 26.8. The van der Waals surface area contributed by atoms with Crippen molar-refractivity contribution in [1.82, 2.24) is 4.90 Å². The second-order valence-corrected chi connectivity index (χ2v) is 7.96. The maximum absolute atomic E-state index is 13.4. The smallest absolute Gasteiger partial charge is 0.305 e. The van der Waals surface area contributed by atoms with Crippen LogP contribution in [0.4, 0.5) is 0 Å². The van der Waals surface area contributed by atoms with Crippen LogP contribution in [0.2, 0.25) is 0 Å². The molecule has 4 rings (SSSR count). The first-order chi connectivity index (χ1) is 14.5. The van der Waals surface area contributed by atoms with Crippen LogP contribution in [-0.4, -0.2) is 42.6 Å². The standard InChI is InChI=1S/C24H27NO5/c1-29-21-12-17-9-10-25(20(14-23(26)27)19(17)13-22(21)30-2)24(28)18-8-7-15-5-3-4-6-16(15)11-18/h7-8,11-13,20H,3-6,9-10,14H2,1-2H3,(H,26,27). The molecule has 0 fully saturated rings. The molecule has 1 aliphatic carbocycles. The van der Waals surface area contributed by atoms with E-state index in [4.69, 9.17) is 9.47 Å². The third-order valence-electron chi connectivity index (χ3n) is 6.23. The number of methoxy groups -OCH3 is 2. The van der Waals surface area contributed by atoms with E-state index in [-0.39, 0.29) is 12.3 Å². The van der Waals surface area contributed by atoms with Crippen molar-refractivity contribution in [2.24, 2.45) is 0 Å². The Hall–Kier alpha value is -3.02. The Morgan fingerprint density at radius 1 is 0.967 bits per heavy atom. The highest BCUT2D eigenvalue weighted by molar-refractivity contribution is 5.95. The van der Waals surface area contributed by atoms with E-state index in [0.717, 1.165) is 30.4 Å². The zero-order valence-electron chi connectivity index (χ0n) is 17.4. The quantitative estimate of drug-likeness (QED) is 0.813. The van der Waals surface area contributed by atoms with Gasteiger partial charge in [0.05, 0.1) is 26.7 Å². The largest absolute Gasteiger partial charge is 0.493 e. The number of rotatable bonds is 5. The third-order valence-corrected chi connectivity index (χ3v) is 6.23. The Bertz CT molecular complexity index is 984. The van der Waals surface area contributed by atoms with E-state index in [9.17, 15) is 14.7 Å². The summed E-state index contributed by atoms with van der Waals surface area (Å²) in [6.07, 6.45) is 4.88. The number of carbonyl (C=O) groups excluding carboxylic acids is 1. The summed E-state index contributed by atoms with van der Waals surface area (Å²) in [5.41, 5.74) is 5.00. The Morgan fingerprint density at radius 3 is 2.37 bits per heavy atom. The van der Waals surface area contributed by atoms with Crippen LogP contribution < -0.4 is 9.47 Å². The molecular formula is C24H27NO5. The highest BCUT2D eigenvalue weighted by Gasteiger charge is 2.34. The van der Waals surface area contributed by atoms with Crippen molar-refractivity contribution in [3.63, 3.8) is 0 Å².